The summed E-state index contributed by atoms with van der Waals surface area (Å²) in [6, 6.07) is 14.9. The number of aromatic nitrogens is 3. The number of nitrogens with zero attached hydrogens (tertiary/aromatic N) is 3. The molecule has 0 saturated carbocycles. The Balaban J connectivity index is 1.62. The van der Waals surface area contributed by atoms with E-state index in [4.69, 9.17) is 9.47 Å². The minimum Gasteiger partial charge on any atom is -0.491 e. The van der Waals surface area contributed by atoms with Crippen molar-refractivity contribution in [3.63, 3.8) is 0 Å². The number of carbonyl (C=O) groups excluding carboxylic acids is 1. The second-order valence-corrected chi connectivity index (χ2v) is 5.70. The lowest BCUT2D eigenvalue weighted by atomic mass is 10.2. The van der Waals surface area contributed by atoms with Crippen LogP contribution in [-0.2, 0) is 4.74 Å². The van der Waals surface area contributed by atoms with Crippen LogP contribution in [0.2, 0.25) is 0 Å². The molecule has 0 saturated heterocycles. The molecule has 7 nitrogen and oxygen atoms in total. The van der Waals surface area contributed by atoms with Crippen LogP contribution in [0, 0.1) is 6.92 Å². The average Bonchev–Trinajstić information content (AvgIpc) is 3.14. The third kappa shape index (κ3) is 4.46. The third-order valence-electron chi connectivity index (χ3n) is 3.69. The zero-order valence-corrected chi connectivity index (χ0v) is 14.7. The summed E-state index contributed by atoms with van der Waals surface area (Å²) in [6.45, 7) is 3.01. The van der Waals surface area contributed by atoms with E-state index in [0.29, 0.717) is 24.7 Å². The molecule has 0 aliphatic rings. The Bertz CT molecular complexity index is 857. The predicted octanol–water partition coefficient (Wildman–Crippen LogP) is 2.85. The van der Waals surface area contributed by atoms with Gasteiger partial charge in [-0.05, 0) is 43.3 Å². The van der Waals surface area contributed by atoms with Crippen LogP contribution in [-0.4, -0.2) is 41.2 Å². The Morgan fingerprint density at radius 2 is 1.81 bits per heavy atom. The first-order valence-electron chi connectivity index (χ1n) is 8.18. The van der Waals surface area contributed by atoms with Crippen LogP contribution in [0.1, 0.15) is 16.1 Å². The zero-order valence-electron chi connectivity index (χ0n) is 14.7. The molecule has 1 amide bonds. The molecule has 3 rings (SSSR count). The summed E-state index contributed by atoms with van der Waals surface area (Å²) in [5.41, 5.74) is 2.89. The first-order valence-corrected chi connectivity index (χ1v) is 8.18. The number of hydrogen-bond donors (Lipinski definition) is 1. The second kappa shape index (κ2) is 8.26. The molecule has 0 radical (unpaired) electrons. The van der Waals surface area contributed by atoms with E-state index in [1.165, 1.54) is 0 Å². The number of benzene rings is 2. The predicted molar refractivity (Wildman–Crippen MR) is 97.9 cm³/mol. The maximum atomic E-state index is 12.3. The monoisotopic (exact) mass is 352 g/mol. The van der Waals surface area contributed by atoms with Gasteiger partial charge in [0.1, 0.15) is 12.4 Å². The molecular weight excluding hydrogens is 332 g/mol. The van der Waals surface area contributed by atoms with Gasteiger partial charge in [0.05, 0.1) is 18.5 Å². The number of ether oxygens (including phenoxy) is 2. The number of amides is 1. The van der Waals surface area contributed by atoms with Crippen LogP contribution in [0.4, 0.5) is 5.69 Å². The third-order valence-corrected chi connectivity index (χ3v) is 3.69. The van der Waals surface area contributed by atoms with E-state index in [1.807, 2.05) is 31.2 Å². The highest BCUT2D eigenvalue weighted by Gasteiger charge is 2.12. The highest BCUT2D eigenvalue weighted by Crippen LogP contribution is 2.16. The Morgan fingerprint density at radius 1 is 1.08 bits per heavy atom. The van der Waals surface area contributed by atoms with Gasteiger partial charge in [0.25, 0.3) is 5.91 Å². The van der Waals surface area contributed by atoms with Crippen molar-refractivity contribution in [2.75, 3.05) is 25.6 Å². The molecule has 0 spiro atoms. The van der Waals surface area contributed by atoms with Gasteiger partial charge in [-0.15, -0.1) is 5.10 Å². The first-order chi connectivity index (χ1) is 12.7. The summed E-state index contributed by atoms with van der Waals surface area (Å²) in [5.74, 6) is 0.391. The minimum atomic E-state index is -0.323. The van der Waals surface area contributed by atoms with E-state index in [-0.39, 0.29) is 11.6 Å². The summed E-state index contributed by atoms with van der Waals surface area (Å²) < 4.78 is 12.0. The Kier molecular flexibility index (Phi) is 5.60. The minimum absolute atomic E-state index is 0.242. The van der Waals surface area contributed by atoms with Crippen LogP contribution >= 0.6 is 0 Å². The number of methoxy groups -OCH3 is 1. The van der Waals surface area contributed by atoms with E-state index in [0.717, 1.165) is 11.3 Å². The van der Waals surface area contributed by atoms with Crippen molar-refractivity contribution >= 4 is 11.6 Å². The Hall–Kier alpha value is -3.19. The lowest BCUT2D eigenvalue weighted by Crippen LogP contribution is -2.12. The molecule has 0 bridgehead atoms. The molecule has 0 unspecified atom stereocenters. The summed E-state index contributed by atoms with van der Waals surface area (Å²) in [4.78, 5) is 12.3. The van der Waals surface area contributed by atoms with Crippen LogP contribution in [0.25, 0.3) is 5.69 Å². The number of hydrogen-bond acceptors (Lipinski definition) is 5. The topological polar surface area (TPSA) is 78.3 Å². The fourth-order valence-corrected chi connectivity index (χ4v) is 2.26. The van der Waals surface area contributed by atoms with E-state index >= 15 is 0 Å². The maximum Gasteiger partial charge on any atom is 0.277 e. The molecule has 1 heterocycles. The van der Waals surface area contributed by atoms with Crippen molar-refractivity contribution in [1.29, 1.82) is 0 Å². The largest absolute Gasteiger partial charge is 0.491 e. The number of nitrogens with one attached hydrogen (secondary N) is 1. The van der Waals surface area contributed by atoms with Gasteiger partial charge in [-0.25, -0.2) is 4.68 Å². The average molecular weight is 352 g/mol. The normalized spacial score (nSPS) is 10.5. The zero-order chi connectivity index (χ0) is 18.4. The Labute approximate surface area is 151 Å². The molecule has 26 heavy (non-hydrogen) atoms. The van der Waals surface area contributed by atoms with Gasteiger partial charge in [-0.1, -0.05) is 22.9 Å². The van der Waals surface area contributed by atoms with E-state index in [9.17, 15) is 4.79 Å². The van der Waals surface area contributed by atoms with Crippen LogP contribution in [0.15, 0.2) is 54.7 Å². The van der Waals surface area contributed by atoms with E-state index in [2.05, 4.69) is 15.6 Å². The number of anilines is 1. The number of carbonyl (C=O) groups is 1. The molecule has 0 aliphatic carbocycles. The molecular formula is C19H20N4O3. The summed E-state index contributed by atoms with van der Waals surface area (Å²) in [7, 11) is 1.62. The summed E-state index contributed by atoms with van der Waals surface area (Å²) >= 11 is 0. The standard InChI is InChI=1S/C19H20N4O3/c1-14-3-7-16(8-4-14)23-13-18(21-22-23)19(24)20-15-5-9-17(10-6-15)26-12-11-25-2/h3-10,13H,11-12H2,1-2H3,(H,20,24). The molecule has 7 heteroatoms. The fraction of sp³-hybridized carbons (Fsp3) is 0.211. The smallest absolute Gasteiger partial charge is 0.277 e. The van der Waals surface area contributed by atoms with Gasteiger partial charge < -0.3 is 14.8 Å². The summed E-state index contributed by atoms with van der Waals surface area (Å²) in [6.07, 6.45) is 1.60. The lowest BCUT2D eigenvalue weighted by molar-refractivity contribution is 0.102. The van der Waals surface area contributed by atoms with Gasteiger partial charge in [0.15, 0.2) is 5.69 Å². The van der Waals surface area contributed by atoms with E-state index in [1.54, 1.807) is 42.3 Å². The van der Waals surface area contributed by atoms with Crippen LogP contribution in [0.5, 0.6) is 5.75 Å². The van der Waals surface area contributed by atoms with Crippen molar-refractivity contribution in [2.45, 2.75) is 6.92 Å². The lowest BCUT2D eigenvalue weighted by Gasteiger charge is -2.07. The first kappa shape index (κ1) is 17.6. The highest BCUT2D eigenvalue weighted by atomic mass is 16.5. The molecule has 0 fully saturated rings. The van der Waals surface area contributed by atoms with Crippen molar-refractivity contribution in [2.24, 2.45) is 0 Å². The van der Waals surface area contributed by atoms with Crippen LogP contribution < -0.4 is 10.1 Å². The quantitative estimate of drug-likeness (QED) is 0.662. The summed E-state index contributed by atoms with van der Waals surface area (Å²) in [5, 5.41) is 10.7. The van der Waals surface area contributed by atoms with Gasteiger partial charge in [-0.2, -0.15) is 0 Å². The highest BCUT2D eigenvalue weighted by molar-refractivity contribution is 6.02. The van der Waals surface area contributed by atoms with Gasteiger partial charge in [0.2, 0.25) is 0 Å². The Morgan fingerprint density at radius 3 is 2.50 bits per heavy atom. The molecule has 0 aliphatic heterocycles. The number of rotatable bonds is 7. The molecule has 1 aromatic heterocycles. The van der Waals surface area contributed by atoms with Crippen molar-refractivity contribution in [3.8, 4) is 11.4 Å². The fourth-order valence-electron chi connectivity index (χ4n) is 2.26. The van der Waals surface area contributed by atoms with Gasteiger partial charge in [0, 0.05) is 12.8 Å². The van der Waals surface area contributed by atoms with Crippen LogP contribution in [0.3, 0.4) is 0 Å². The van der Waals surface area contributed by atoms with Gasteiger partial charge in [-0.3, -0.25) is 4.79 Å². The van der Waals surface area contributed by atoms with Crippen molar-refractivity contribution in [1.82, 2.24) is 15.0 Å². The van der Waals surface area contributed by atoms with Crippen molar-refractivity contribution < 1.29 is 14.3 Å². The molecule has 0 atom stereocenters. The molecule has 134 valence electrons. The maximum absolute atomic E-state index is 12.3. The molecule has 3 aromatic rings. The molecule has 1 N–H and O–H groups in total. The van der Waals surface area contributed by atoms with Crippen molar-refractivity contribution in [3.05, 3.63) is 66.0 Å². The molecule has 2 aromatic carbocycles. The number of aryl methyl sites for hydroxylation is 1. The second-order valence-electron chi connectivity index (χ2n) is 5.70. The van der Waals surface area contributed by atoms with E-state index < -0.39 is 0 Å². The SMILES string of the molecule is COCCOc1ccc(NC(=O)c2cn(-c3ccc(C)cc3)nn2)cc1. The van der Waals surface area contributed by atoms with Gasteiger partial charge >= 0.3 is 0 Å².